The van der Waals surface area contributed by atoms with Crippen molar-refractivity contribution in [3.63, 3.8) is 0 Å². The number of imidazole rings is 1. The highest BCUT2D eigenvalue weighted by atomic mass is 32.1. The Hall–Kier alpha value is -3.65. The quantitative estimate of drug-likeness (QED) is 0.395. The SMILES string of the molecule is COC(=O)c1c(-c2ccc3c(c2)CCCC3)csc1NC(=O)COc1cccn2cc(C)nc12. The maximum absolute atomic E-state index is 12.7. The molecule has 34 heavy (non-hydrogen) atoms. The number of hydrogen-bond donors (Lipinski definition) is 1. The third-order valence-electron chi connectivity index (χ3n) is 6.02. The summed E-state index contributed by atoms with van der Waals surface area (Å²) in [5.41, 5.74) is 6.29. The number of anilines is 1. The second kappa shape index (κ2) is 9.30. The van der Waals surface area contributed by atoms with Crippen molar-refractivity contribution in [2.75, 3.05) is 19.0 Å². The summed E-state index contributed by atoms with van der Waals surface area (Å²) >= 11 is 1.30. The average molecular weight is 476 g/mol. The number of hydrogen-bond acceptors (Lipinski definition) is 6. The van der Waals surface area contributed by atoms with E-state index in [4.69, 9.17) is 9.47 Å². The first-order valence-corrected chi connectivity index (χ1v) is 12.1. The van der Waals surface area contributed by atoms with Gasteiger partial charge in [-0.2, -0.15) is 0 Å². The topological polar surface area (TPSA) is 81.9 Å². The van der Waals surface area contributed by atoms with E-state index in [0.717, 1.165) is 29.7 Å². The lowest BCUT2D eigenvalue weighted by Gasteiger charge is -2.16. The van der Waals surface area contributed by atoms with Gasteiger partial charge in [0, 0.05) is 23.3 Å². The number of pyridine rings is 1. The van der Waals surface area contributed by atoms with Gasteiger partial charge in [-0.05, 0) is 61.4 Å². The van der Waals surface area contributed by atoms with E-state index in [1.54, 1.807) is 6.07 Å². The summed E-state index contributed by atoms with van der Waals surface area (Å²) in [5.74, 6) is -0.336. The molecule has 0 spiro atoms. The molecule has 0 bridgehead atoms. The van der Waals surface area contributed by atoms with Crippen molar-refractivity contribution in [3.05, 3.63) is 70.5 Å². The first kappa shape index (κ1) is 22.2. The summed E-state index contributed by atoms with van der Waals surface area (Å²) in [5, 5.41) is 5.17. The van der Waals surface area contributed by atoms with Crippen molar-refractivity contribution in [2.24, 2.45) is 0 Å². The number of aromatic nitrogens is 2. The molecule has 3 heterocycles. The lowest BCUT2D eigenvalue weighted by molar-refractivity contribution is -0.118. The van der Waals surface area contributed by atoms with Crippen molar-refractivity contribution in [3.8, 4) is 16.9 Å². The number of nitrogens with zero attached hydrogens (tertiary/aromatic N) is 2. The molecule has 0 radical (unpaired) electrons. The largest absolute Gasteiger partial charge is 0.480 e. The molecule has 4 aromatic rings. The van der Waals surface area contributed by atoms with Gasteiger partial charge in [0.05, 0.1) is 12.8 Å². The normalized spacial score (nSPS) is 12.9. The predicted molar refractivity (Wildman–Crippen MR) is 132 cm³/mol. The van der Waals surface area contributed by atoms with E-state index in [-0.39, 0.29) is 12.5 Å². The maximum Gasteiger partial charge on any atom is 0.341 e. The van der Waals surface area contributed by atoms with Crippen molar-refractivity contribution < 1.29 is 19.1 Å². The monoisotopic (exact) mass is 475 g/mol. The Bertz CT molecular complexity index is 1390. The fourth-order valence-corrected chi connectivity index (χ4v) is 5.37. The van der Waals surface area contributed by atoms with Crippen LogP contribution in [0.3, 0.4) is 0 Å². The van der Waals surface area contributed by atoms with Crippen LogP contribution in [-0.4, -0.2) is 35.0 Å². The van der Waals surface area contributed by atoms with Crippen LogP contribution in [0.15, 0.2) is 48.1 Å². The minimum Gasteiger partial charge on any atom is -0.480 e. The average Bonchev–Trinajstić information content (AvgIpc) is 3.44. The summed E-state index contributed by atoms with van der Waals surface area (Å²) < 4.78 is 12.6. The number of amides is 1. The number of esters is 1. The van der Waals surface area contributed by atoms with Gasteiger partial charge < -0.3 is 19.2 Å². The van der Waals surface area contributed by atoms with Crippen LogP contribution >= 0.6 is 11.3 Å². The van der Waals surface area contributed by atoms with Gasteiger partial charge in [0.15, 0.2) is 18.0 Å². The second-order valence-electron chi connectivity index (χ2n) is 8.36. The number of nitrogens with one attached hydrogen (secondary N) is 1. The molecule has 0 aliphatic heterocycles. The maximum atomic E-state index is 12.7. The Morgan fingerprint density at radius 2 is 2.00 bits per heavy atom. The Balaban J connectivity index is 1.37. The Labute approximate surface area is 201 Å². The molecule has 0 atom stereocenters. The van der Waals surface area contributed by atoms with Crippen LogP contribution in [0.1, 0.15) is 40.0 Å². The van der Waals surface area contributed by atoms with Crippen LogP contribution in [0, 0.1) is 6.92 Å². The number of rotatable bonds is 6. The first-order valence-electron chi connectivity index (χ1n) is 11.2. The molecule has 8 heteroatoms. The van der Waals surface area contributed by atoms with E-state index in [9.17, 15) is 9.59 Å². The molecule has 1 aliphatic rings. The number of benzene rings is 1. The van der Waals surface area contributed by atoms with E-state index in [1.165, 1.54) is 42.4 Å². The molecule has 7 nitrogen and oxygen atoms in total. The zero-order valence-electron chi connectivity index (χ0n) is 19.1. The summed E-state index contributed by atoms with van der Waals surface area (Å²) in [6.07, 6.45) is 8.29. The zero-order chi connectivity index (χ0) is 23.7. The Morgan fingerprint density at radius 3 is 2.82 bits per heavy atom. The number of methoxy groups -OCH3 is 1. The predicted octanol–water partition coefficient (Wildman–Crippen LogP) is 5.05. The van der Waals surface area contributed by atoms with E-state index in [2.05, 4.69) is 22.4 Å². The standard InChI is InChI=1S/C26H25N3O4S/c1-16-13-29-11-5-8-21(24(29)27-16)33-14-22(30)28-25-23(26(31)32-2)20(15-34-25)19-10-9-17-6-3-4-7-18(17)12-19/h5,8-13,15H,3-4,6-7,14H2,1-2H3,(H,28,30). The number of fused-ring (bicyclic) bond motifs is 2. The van der Waals surface area contributed by atoms with Gasteiger partial charge in [0.2, 0.25) is 0 Å². The second-order valence-corrected chi connectivity index (χ2v) is 9.24. The van der Waals surface area contributed by atoms with E-state index < -0.39 is 5.97 Å². The van der Waals surface area contributed by atoms with Crippen LogP contribution in [0.4, 0.5) is 5.00 Å². The van der Waals surface area contributed by atoms with Gasteiger partial charge >= 0.3 is 5.97 Å². The fourth-order valence-electron chi connectivity index (χ4n) is 4.40. The molecule has 1 amide bonds. The van der Waals surface area contributed by atoms with Crippen molar-refractivity contribution >= 4 is 33.9 Å². The van der Waals surface area contributed by atoms with Gasteiger partial charge in [-0.3, -0.25) is 4.79 Å². The van der Waals surface area contributed by atoms with Crippen molar-refractivity contribution in [1.29, 1.82) is 0 Å². The number of ether oxygens (including phenoxy) is 2. The van der Waals surface area contributed by atoms with Crippen LogP contribution in [-0.2, 0) is 22.4 Å². The molecule has 0 unspecified atom stereocenters. The number of carbonyl (C=O) groups is 2. The smallest absolute Gasteiger partial charge is 0.341 e. The van der Waals surface area contributed by atoms with E-state index >= 15 is 0 Å². The third-order valence-corrected chi connectivity index (χ3v) is 6.91. The Kier molecular flexibility index (Phi) is 6.06. The molecule has 0 saturated carbocycles. The van der Waals surface area contributed by atoms with Gasteiger partial charge in [0.1, 0.15) is 10.6 Å². The molecular weight excluding hydrogens is 450 g/mol. The molecular formula is C26H25N3O4S. The molecule has 174 valence electrons. The highest BCUT2D eigenvalue weighted by Gasteiger charge is 2.23. The van der Waals surface area contributed by atoms with Crippen molar-refractivity contribution in [2.45, 2.75) is 32.6 Å². The molecule has 5 rings (SSSR count). The molecule has 1 N–H and O–H groups in total. The first-order chi connectivity index (χ1) is 16.5. The van der Waals surface area contributed by atoms with Crippen LogP contribution in [0.5, 0.6) is 5.75 Å². The molecule has 1 aliphatic carbocycles. The molecule has 1 aromatic carbocycles. The lowest BCUT2D eigenvalue weighted by atomic mass is 9.89. The number of thiophene rings is 1. The summed E-state index contributed by atoms with van der Waals surface area (Å²) in [7, 11) is 1.35. The highest BCUT2D eigenvalue weighted by molar-refractivity contribution is 7.15. The van der Waals surface area contributed by atoms with Gasteiger partial charge in [-0.25, -0.2) is 9.78 Å². The summed E-state index contributed by atoms with van der Waals surface area (Å²) in [6, 6.07) is 9.95. The van der Waals surface area contributed by atoms with E-state index in [0.29, 0.717) is 22.0 Å². The fraction of sp³-hybridized carbons (Fsp3) is 0.269. The lowest BCUT2D eigenvalue weighted by Crippen LogP contribution is -2.21. The van der Waals surface area contributed by atoms with Gasteiger partial charge in [0.25, 0.3) is 5.91 Å². The molecule has 0 saturated heterocycles. The summed E-state index contributed by atoms with van der Waals surface area (Å²) in [6.45, 7) is 1.69. The highest BCUT2D eigenvalue weighted by Crippen LogP contribution is 2.37. The van der Waals surface area contributed by atoms with Crippen LogP contribution in [0.2, 0.25) is 0 Å². The number of carbonyl (C=O) groups excluding carboxylic acids is 2. The van der Waals surface area contributed by atoms with Gasteiger partial charge in [-0.1, -0.05) is 18.2 Å². The minimum atomic E-state index is -0.484. The minimum absolute atomic E-state index is 0.210. The van der Waals surface area contributed by atoms with Gasteiger partial charge in [-0.15, -0.1) is 11.3 Å². The van der Waals surface area contributed by atoms with Crippen LogP contribution < -0.4 is 10.1 Å². The third kappa shape index (κ3) is 4.28. The zero-order valence-corrected chi connectivity index (χ0v) is 19.9. The number of aryl methyl sites for hydroxylation is 3. The Morgan fingerprint density at radius 1 is 1.18 bits per heavy atom. The van der Waals surface area contributed by atoms with Crippen molar-refractivity contribution in [1.82, 2.24) is 9.38 Å². The van der Waals surface area contributed by atoms with E-state index in [1.807, 2.05) is 41.2 Å². The molecule has 0 fully saturated rings. The molecule has 3 aromatic heterocycles. The summed E-state index contributed by atoms with van der Waals surface area (Å²) in [4.78, 5) is 29.8. The van der Waals surface area contributed by atoms with Crippen LogP contribution in [0.25, 0.3) is 16.8 Å².